The van der Waals surface area contributed by atoms with Crippen LogP contribution in [0, 0.1) is 0 Å². The molecule has 5 heterocycles. The number of ether oxygens (including phenoxy) is 4. The van der Waals surface area contributed by atoms with Gasteiger partial charge in [0, 0.05) is 18.0 Å². The average Bonchev–Trinajstić information content (AvgIpc) is 3.85. The molecule has 5 aromatic rings. The molecule has 0 spiro atoms. The van der Waals surface area contributed by atoms with Gasteiger partial charge in [-0.15, -0.1) is 5.10 Å². The second-order valence-corrected chi connectivity index (χ2v) is 13.2. The second-order valence-electron chi connectivity index (χ2n) is 13.2. The minimum absolute atomic E-state index is 0.0289. The summed E-state index contributed by atoms with van der Waals surface area (Å²) in [6.07, 6.45) is -10.9. The van der Waals surface area contributed by atoms with Crippen molar-refractivity contribution in [1.29, 1.82) is 0 Å². The predicted molar refractivity (Wildman–Crippen MR) is 192 cm³/mol. The third-order valence-corrected chi connectivity index (χ3v) is 9.13. The Morgan fingerprint density at radius 2 is 1.35 bits per heavy atom. The molecule has 20 nitrogen and oxygen atoms in total. The highest BCUT2D eigenvalue weighted by molar-refractivity contribution is 6.03. The predicted octanol–water partition coefficient (Wildman–Crippen LogP) is 1.74. The Kier molecular flexibility index (Phi) is 11.5. The molecule has 7 rings (SSSR count). The first-order valence-electron chi connectivity index (χ1n) is 17.6. The fraction of sp³-hybridized carbons (Fsp3) is 0.306. The number of aromatic nitrogens is 7. The van der Waals surface area contributed by atoms with Crippen LogP contribution >= 0.6 is 0 Å². The Hall–Kier alpha value is -6.89. The number of rotatable bonds is 12. The highest BCUT2D eigenvalue weighted by Gasteiger charge is 2.63. The Morgan fingerprint density at radius 1 is 0.783 bits per heavy atom. The van der Waals surface area contributed by atoms with Crippen LogP contribution in [-0.4, -0.2) is 105 Å². The summed E-state index contributed by atoms with van der Waals surface area (Å²) in [5.41, 5.74) is -2.36. The molecule has 0 saturated carbocycles. The molecule has 3 aromatic heterocycles. The summed E-state index contributed by atoms with van der Waals surface area (Å²) in [5, 5.41) is 31.1. The van der Waals surface area contributed by atoms with E-state index in [-0.39, 0.29) is 22.6 Å². The van der Waals surface area contributed by atoms with Crippen LogP contribution in [0.5, 0.6) is 0 Å². The van der Waals surface area contributed by atoms with Crippen LogP contribution in [0.2, 0.25) is 0 Å². The Bertz CT molecular complexity index is 2490. The van der Waals surface area contributed by atoms with E-state index in [9.17, 15) is 43.0 Å². The van der Waals surface area contributed by atoms with Crippen molar-refractivity contribution in [3.63, 3.8) is 0 Å². The third kappa shape index (κ3) is 8.47. The van der Waals surface area contributed by atoms with Gasteiger partial charge >= 0.3 is 35.3 Å². The van der Waals surface area contributed by atoms with Crippen LogP contribution in [0.3, 0.4) is 0 Å². The van der Waals surface area contributed by atoms with Gasteiger partial charge in [-0.05, 0) is 36.4 Å². The van der Waals surface area contributed by atoms with Crippen molar-refractivity contribution >= 4 is 29.6 Å². The Morgan fingerprint density at radius 3 is 1.93 bits per heavy atom. The maximum atomic E-state index is 16.2. The number of carbonyl (C=O) groups excluding carboxylic acids is 3. The van der Waals surface area contributed by atoms with Gasteiger partial charge in [0.2, 0.25) is 12.5 Å². The van der Waals surface area contributed by atoms with E-state index in [1.54, 1.807) is 24.3 Å². The third-order valence-electron chi connectivity index (χ3n) is 9.13. The van der Waals surface area contributed by atoms with E-state index in [0.717, 1.165) is 29.2 Å². The lowest BCUT2D eigenvalue weighted by atomic mass is 10.1. The summed E-state index contributed by atoms with van der Waals surface area (Å²) in [4.78, 5) is 70.8. The molecule has 0 unspecified atom stereocenters. The number of aliphatic hydroxyl groups excluding tert-OH is 2. The summed E-state index contributed by atoms with van der Waals surface area (Å²) in [7, 11) is 0. The normalized spacial score (nSPS) is 22.8. The number of alkyl halides is 4. The molecule has 4 N–H and O–H groups in total. The molecule has 0 radical (unpaired) electrons. The van der Waals surface area contributed by atoms with Crippen molar-refractivity contribution in [2.24, 2.45) is 0 Å². The molecular formula is C36H31F4N9O11. The minimum Gasteiger partial charge on any atom is -0.449 e. The smallest absolute Gasteiger partial charge is 0.413 e. The number of carbonyl (C=O) groups is 3. The van der Waals surface area contributed by atoms with Gasteiger partial charge < -0.3 is 34.5 Å². The number of esters is 1. The van der Waals surface area contributed by atoms with Crippen LogP contribution in [0.15, 0.2) is 101 Å². The van der Waals surface area contributed by atoms with Crippen molar-refractivity contribution in [3.05, 3.63) is 129 Å². The number of aliphatic hydroxyl groups is 2. The number of hydrogen-bond donors (Lipinski definition) is 4. The van der Waals surface area contributed by atoms with Crippen molar-refractivity contribution in [3.8, 4) is 0 Å². The summed E-state index contributed by atoms with van der Waals surface area (Å²) < 4.78 is 84.2. The molecule has 2 saturated heterocycles. The Labute approximate surface area is 332 Å². The average molecular weight is 842 g/mol. The van der Waals surface area contributed by atoms with Crippen molar-refractivity contribution < 1.29 is 61.1 Å². The number of nitrogens with zero attached hydrogens (tertiary/aromatic N) is 7. The van der Waals surface area contributed by atoms with E-state index in [1.165, 1.54) is 42.6 Å². The highest BCUT2D eigenvalue weighted by Crippen LogP contribution is 2.45. The molecule has 314 valence electrons. The number of amides is 2. The van der Waals surface area contributed by atoms with E-state index in [4.69, 9.17) is 18.9 Å². The van der Waals surface area contributed by atoms with Gasteiger partial charge in [0.1, 0.15) is 36.1 Å². The van der Waals surface area contributed by atoms with E-state index in [1.807, 2.05) is 0 Å². The monoisotopic (exact) mass is 841 g/mol. The van der Waals surface area contributed by atoms with E-state index in [0.29, 0.717) is 9.13 Å². The molecule has 2 fully saturated rings. The molecule has 2 aromatic carbocycles. The molecule has 6 atom stereocenters. The molecule has 24 heteroatoms. The Balaban J connectivity index is 1.02. The number of halogens is 4. The maximum Gasteiger partial charge on any atom is 0.413 e. The first-order chi connectivity index (χ1) is 28.6. The largest absolute Gasteiger partial charge is 0.449 e. The van der Waals surface area contributed by atoms with Crippen molar-refractivity contribution in [2.45, 2.75) is 61.9 Å². The van der Waals surface area contributed by atoms with Crippen molar-refractivity contribution in [2.75, 3.05) is 17.2 Å². The van der Waals surface area contributed by atoms with Gasteiger partial charge in [0.25, 0.3) is 5.91 Å². The van der Waals surface area contributed by atoms with Crippen LogP contribution in [0.25, 0.3) is 0 Å². The number of hydrogen-bond acceptors (Lipinski definition) is 15. The fourth-order valence-corrected chi connectivity index (χ4v) is 6.19. The first-order valence-corrected chi connectivity index (χ1v) is 17.6. The lowest BCUT2D eigenvalue weighted by molar-refractivity contribution is -0.142. The summed E-state index contributed by atoms with van der Waals surface area (Å²) in [6, 6.07) is 17.3. The van der Waals surface area contributed by atoms with Gasteiger partial charge in [-0.3, -0.25) is 19.2 Å². The van der Waals surface area contributed by atoms with Gasteiger partial charge in [-0.2, -0.15) is 27.5 Å². The quantitative estimate of drug-likeness (QED) is 0.103. The van der Waals surface area contributed by atoms with Crippen LogP contribution < -0.4 is 22.0 Å². The molecule has 2 aliphatic heterocycles. The standard InChI is InChI=1S/C36H31F4N9O11/c37-35(38)26(51)23(17-50)59-30(35)48-14-12-25(43-33(48)55)44-34(56)57-18-21-15-47(46-45-21)16-22-27(60-29(53)20-9-5-2-6-10-20)36(39,40)31(58-22)49-13-11-24(42-32(49)54)41-28(52)19-7-3-1-4-8-19/h1-15,22-23,26-27,30-31,50-51H,16-18H2,(H,41,42,52,54)(H,43,44,55,56)/t22-,23-,26-,27-,30-,31-/m1/s1. The summed E-state index contributed by atoms with van der Waals surface area (Å²) in [6.45, 7) is -2.05. The zero-order valence-corrected chi connectivity index (χ0v) is 30.5. The fourth-order valence-electron chi connectivity index (χ4n) is 6.19. The van der Waals surface area contributed by atoms with Crippen LogP contribution in [-0.2, 0) is 32.1 Å². The van der Waals surface area contributed by atoms with E-state index >= 15 is 8.78 Å². The van der Waals surface area contributed by atoms with Crippen LogP contribution in [0.4, 0.5) is 34.0 Å². The molecule has 2 amide bonds. The lowest BCUT2D eigenvalue weighted by Gasteiger charge is -2.24. The number of anilines is 2. The van der Waals surface area contributed by atoms with Crippen LogP contribution in [0.1, 0.15) is 38.9 Å². The van der Waals surface area contributed by atoms with Gasteiger partial charge in [-0.1, -0.05) is 41.6 Å². The number of benzene rings is 2. The SMILES string of the molecule is O=C(Nc1ccn([C@@H]2O[C@H](CO)[C@@H](O)C2(F)F)c(=O)n1)OCc1cn(C[C@H]2O[C@@H](n3ccc(NC(=O)c4ccccc4)nc3=O)C(F)(F)[C@@H]2OC(=O)c2ccccc2)nn1. The topological polar surface area (TPSA) is 253 Å². The molecular weight excluding hydrogens is 810 g/mol. The van der Waals surface area contributed by atoms with Crippen molar-refractivity contribution in [1.82, 2.24) is 34.1 Å². The van der Waals surface area contributed by atoms with E-state index < -0.39 is 104 Å². The molecule has 60 heavy (non-hydrogen) atoms. The lowest BCUT2D eigenvalue weighted by Crippen LogP contribution is -2.44. The van der Waals surface area contributed by atoms with Gasteiger partial charge in [0.05, 0.1) is 24.9 Å². The molecule has 0 aliphatic carbocycles. The maximum absolute atomic E-state index is 16.2. The van der Waals surface area contributed by atoms with Gasteiger partial charge in [0.15, 0.2) is 12.2 Å². The summed E-state index contributed by atoms with van der Waals surface area (Å²) >= 11 is 0. The molecule has 0 bridgehead atoms. The summed E-state index contributed by atoms with van der Waals surface area (Å²) in [5.74, 6) is -10.4. The first kappa shape index (κ1) is 41.3. The number of nitrogens with one attached hydrogen (secondary N) is 2. The zero-order valence-electron chi connectivity index (χ0n) is 30.5. The molecule has 2 aliphatic rings. The highest BCUT2D eigenvalue weighted by atomic mass is 19.3. The second kappa shape index (κ2) is 16.8. The van der Waals surface area contributed by atoms with E-state index in [2.05, 4.69) is 30.9 Å². The minimum atomic E-state index is -4.05. The zero-order chi connectivity index (χ0) is 42.8. The van der Waals surface area contributed by atoms with Gasteiger partial charge in [-0.25, -0.2) is 23.9 Å².